The molecule has 2 fully saturated rings. The smallest absolute Gasteiger partial charge is 0.326 e. The predicted molar refractivity (Wildman–Crippen MR) is 261 cm³/mol. The molecule has 2 aliphatic heterocycles. The van der Waals surface area contributed by atoms with Crippen LogP contribution in [0.25, 0.3) is 21.8 Å². The SMILES string of the molecule is C[C@@H](O)[C@H](NC(=O)[C@@H]1CCCN1C(=O)[C@@H](N)Cc1c[nH]c2ccccc12)C(=O)N[C@@H](CCCN=C(N)N)C(=O)N1CCC[C@H]1C(=O)N[C@@H](Cc1c[nH]c2ccccc12)C(=O)N[C@@H](Cc1cnc[nH]1)C(=O)O. The summed E-state index contributed by atoms with van der Waals surface area (Å²) >= 11 is 0. The van der Waals surface area contributed by atoms with E-state index in [1.165, 1.54) is 29.2 Å². The second kappa shape index (κ2) is 23.2. The summed E-state index contributed by atoms with van der Waals surface area (Å²) in [6.45, 7) is 1.74. The maximum absolute atomic E-state index is 14.6. The van der Waals surface area contributed by atoms with E-state index >= 15 is 0 Å². The Morgan fingerprint density at radius 3 is 1.90 bits per heavy atom. The third-order valence-corrected chi connectivity index (χ3v) is 13.1. The zero-order valence-electron chi connectivity index (χ0n) is 39.3. The Labute approximate surface area is 408 Å². The molecular formula is C48H62N14O9. The van der Waals surface area contributed by atoms with Crippen molar-refractivity contribution in [2.75, 3.05) is 19.6 Å². The van der Waals surface area contributed by atoms with Gasteiger partial charge in [0.05, 0.1) is 18.5 Å². The van der Waals surface area contributed by atoms with Crippen LogP contribution in [0.15, 0.2) is 78.4 Å². The lowest BCUT2D eigenvalue weighted by Crippen LogP contribution is -2.61. The molecular weight excluding hydrogens is 917 g/mol. The van der Waals surface area contributed by atoms with E-state index in [4.69, 9.17) is 17.2 Å². The van der Waals surface area contributed by atoms with Crippen molar-refractivity contribution in [3.8, 4) is 0 Å². The van der Waals surface area contributed by atoms with E-state index in [1.807, 2.05) is 48.5 Å². The monoisotopic (exact) mass is 978 g/mol. The zero-order chi connectivity index (χ0) is 50.8. The third-order valence-electron chi connectivity index (χ3n) is 13.1. The Morgan fingerprint density at radius 2 is 1.32 bits per heavy atom. The number of aliphatic hydroxyl groups is 1. The number of nitrogens with zero attached hydrogens (tertiary/aromatic N) is 4. The van der Waals surface area contributed by atoms with Crippen LogP contribution < -0.4 is 38.5 Å². The van der Waals surface area contributed by atoms with Crippen molar-refractivity contribution >= 4 is 69.2 Å². The van der Waals surface area contributed by atoms with Crippen molar-refractivity contribution in [3.63, 3.8) is 0 Å². The van der Waals surface area contributed by atoms with Crippen LogP contribution >= 0.6 is 0 Å². The highest BCUT2D eigenvalue weighted by Crippen LogP contribution is 2.25. The van der Waals surface area contributed by atoms with Gasteiger partial charge in [0.15, 0.2) is 5.96 Å². The van der Waals surface area contributed by atoms with Gasteiger partial charge in [-0.15, -0.1) is 0 Å². The van der Waals surface area contributed by atoms with Crippen molar-refractivity contribution in [1.29, 1.82) is 0 Å². The lowest BCUT2D eigenvalue weighted by Gasteiger charge is -2.32. The number of aromatic amines is 3. The molecule has 3 aromatic heterocycles. The number of fused-ring (bicyclic) bond motifs is 2. The minimum Gasteiger partial charge on any atom is -0.480 e. The number of carboxylic acids is 1. The maximum Gasteiger partial charge on any atom is 0.326 e. The molecule has 5 aromatic rings. The number of carboxylic acid groups (broad SMARTS) is 1. The molecule has 6 amide bonds. The molecule has 0 radical (unpaired) electrons. The number of carbonyl (C=O) groups is 7. The summed E-state index contributed by atoms with van der Waals surface area (Å²) in [7, 11) is 0. The fourth-order valence-corrected chi connectivity index (χ4v) is 9.41. The number of aliphatic hydroxyl groups excluding tert-OH is 1. The topological polar surface area (TPSA) is 365 Å². The first-order valence-electron chi connectivity index (χ1n) is 23.7. The van der Waals surface area contributed by atoms with Gasteiger partial charge >= 0.3 is 5.97 Å². The number of amides is 6. The normalized spacial score (nSPS) is 18.2. The summed E-state index contributed by atoms with van der Waals surface area (Å²) in [6, 6.07) is 6.34. The van der Waals surface area contributed by atoms with Crippen molar-refractivity contribution in [1.82, 2.24) is 51.0 Å². The molecule has 2 aliphatic rings. The van der Waals surface area contributed by atoms with Gasteiger partial charge in [0, 0.05) is 78.6 Å². The van der Waals surface area contributed by atoms with Gasteiger partial charge in [0.25, 0.3) is 0 Å². The highest BCUT2D eigenvalue weighted by Gasteiger charge is 2.42. The number of aromatic nitrogens is 4. The molecule has 0 bridgehead atoms. The number of aliphatic imine (C=N–C) groups is 1. The lowest BCUT2D eigenvalue weighted by molar-refractivity contribution is -0.144. The molecule has 5 heterocycles. The largest absolute Gasteiger partial charge is 0.480 e. The van der Waals surface area contributed by atoms with E-state index in [9.17, 15) is 43.8 Å². The minimum atomic E-state index is -1.57. The summed E-state index contributed by atoms with van der Waals surface area (Å²) in [5.41, 5.74) is 21.2. The van der Waals surface area contributed by atoms with Crippen LogP contribution in [0, 0.1) is 0 Å². The summed E-state index contributed by atoms with van der Waals surface area (Å²) in [4.78, 5) is 117. The van der Waals surface area contributed by atoms with Crippen molar-refractivity contribution < 1.29 is 43.8 Å². The molecule has 7 rings (SSSR count). The van der Waals surface area contributed by atoms with Crippen molar-refractivity contribution in [2.45, 2.75) is 113 Å². The second-order valence-electron chi connectivity index (χ2n) is 18.1. The van der Waals surface area contributed by atoms with Gasteiger partial charge in [0.2, 0.25) is 35.4 Å². The Kier molecular flexibility index (Phi) is 16.7. The number of hydrogen-bond donors (Lipinski definition) is 12. The van der Waals surface area contributed by atoms with Crippen LogP contribution in [0.3, 0.4) is 0 Å². The van der Waals surface area contributed by atoms with Crippen LogP contribution in [-0.4, -0.2) is 155 Å². The molecule has 15 N–H and O–H groups in total. The van der Waals surface area contributed by atoms with Gasteiger partial charge in [0.1, 0.15) is 36.3 Å². The number of aliphatic carboxylic acids is 1. The zero-order valence-corrected chi connectivity index (χ0v) is 39.3. The average molecular weight is 979 g/mol. The molecule has 0 aliphatic carbocycles. The quantitative estimate of drug-likeness (QED) is 0.0229. The first-order chi connectivity index (χ1) is 34.1. The number of benzene rings is 2. The molecule has 0 saturated carbocycles. The van der Waals surface area contributed by atoms with Crippen LogP contribution in [0.4, 0.5) is 0 Å². The number of carbonyl (C=O) groups excluding carboxylic acids is 6. The van der Waals surface area contributed by atoms with E-state index in [-0.39, 0.29) is 70.5 Å². The van der Waals surface area contributed by atoms with Gasteiger partial charge in [-0.05, 0) is 75.1 Å². The molecule has 2 saturated heterocycles. The van der Waals surface area contributed by atoms with Gasteiger partial charge < -0.3 is 73.4 Å². The fraction of sp³-hybridized carbons (Fsp3) is 0.438. The van der Waals surface area contributed by atoms with E-state index in [1.54, 1.807) is 12.4 Å². The predicted octanol–water partition coefficient (Wildman–Crippen LogP) is -0.832. The summed E-state index contributed by atoms with van der Waals surface area (Å²) < 4.78 is 0. The molecule has 8 atom stereocenters. The molecule has 0 unspecified atom stereocenters. The van der Waals surface area contributed by atoms with E-state index in [0.717, 1.165) is 27.4 Å². The molecule has 2 aromatic carbocycles. The van der Waals surface area contributed by atoms with Gasteiger partial charge in [-0.25, -0.2) is 9.78 Å². The van der Waals surface area contributed by atoms with E-state index in [0.29, 0.717) is 24.1 Å². The molecule has 71 heavy (non-hydrogen) atoms. The number of likely N-dealkylation sites (tertiary alicyclic amines) is 2. The Bertz CT molecular complexity index is 2730. The highest BCUT2D eigenvalue weighted by atomic mass is 16.4. The average Bonchev–Trinajstić information content (AvgIpc) is 4.22. The molecule has 0 spiro atoms. The second-order valence-corrected chi connectivity index (χ2v) is 18.1. The molecule has 23 heteroatoms. The van der Waals surface area contributed by atoms with Crippen LogP contribution in [0.5, 0.6) is 0 Å². The number of imidazole rings is 1. The highest BCUT2D eigenvalue weighted by molar-refractivity contribution is 5.98. The third kappa shape index (κ3) is 12.5. The summed E-state index contributed by atoms with van der Waals surface area (Å²) in [5, 5.41) is 33.3. The number of nitrogens with one attached hydrogen (secondary N) is 7. The van der Waals surface area contributed by atoms with Crippen LogP contribution in [-0.2, 0) is 52.8 Å². The fourth-order valence-electron chi connectivity index (χ4n) is 9.41. The molecule has 23 nitrogen and oxygen atoms in total. The number of rotatable bonds is 22. The van der Waals surface area contributed by atoms with E-state index < -0.39 is 89.8 Å². The first-order valence-corrected chi connectivity index (χ1v) is 23.7. The van der Waals surface area contributed by atoms with Crippen molar-refractivity contribution in [3.05, 3.63) is 90.3 Å². The number of H-pyrrole nitrogens is 3. The number of nitrogens with two attached hydrogens (primary N) is 3. The van der Waals surface area contributed by atoms with Gasteiger partial charge in [-0.1, -0.05) is 36.4 Å². The Morgan fingerprint density at radius 1 is 0.746 bits per heavy atom. The van der Waals surface area contributed by atoms with E-state index in [2.05, 4.69) is 46.2 Å². The number of guanidine groups is 1. The van der Waals surface area contributed by atoms with Crippen LogP contribution in [0.2, 0.25) is 0 Å². The van der Waals surface area contributed by atoms with Crippen molar-refractivity contribution in [2.24, 2.45) is 22.2 Å². The molecule has 378 valence electrons. The number of para-hydroxylation sites is 2. The Balaban J connectivity index is 1.05. The summed E-state index contributed by atoms with van der Waals surface area (Å²) in [5.74, 6) is -5.65. The van der Waals surface area contributed by atoms with Gasteiger partial charge in [-0.2, -0.15) is 0 Å². The maximum atomic E-state index is 14.6. The number of hydrogen-bond acceptors (Lipinski definition) is 11. The Hall–Kier alpha value is -7.79. The first kappa shape index (κ1) is 51.1. The summed E-state index contributed by atoms with van der Waals surface area (Å²) in [6.07, 6.45) is 6.45. The lowest BCUT2D eigenvalue weighted by atomic mass is 10.0. The standard InChI is InChI=1S/C48H62N14O9/c1-26(63)40(60-43(66)39-15-7-17-61(39)45(68)32(49)19-27-22-54-33-11-4-2-9-30(27)33)44(67)57-35(13-6-16-53-48(50)51)46(69)62-18-8-14-38(62)42(65)58-36(20-28-23-55-34-12-5-3-10-31(28)34)41(64)59-37(47(70)71)21-29-24-52-25-56-29/h2-5,9-12,22-26,32,35-40,54-55,63H,6-8,13-21,49H2,1H3,(H,52,56)(H,57,67)(H,58,65)(H,59,64)(H,60,66)(H,70,71)(H4,50,51,53)/t26-,32+,35+,36+,37+,38+,39+,40+/m1/s1. The minimum absolute atomic E-state index is 0.0234. The van der Waals surface area contributed by atoms with Gasteiger partial charge in [-0.3, -0.25) is 33.8 Å². The van der Waals surface area contributed by atoms with Crippen LogP contribution in [0.1, 0.15) is 62.3 Å².